The molecule has 1 atom stereocenters. The minimum Gasteiger partial charge on any atom is -0.328 e. The maximum Gasteiger partial charge on any atom is 0.184 e. The van der Waals surface area contributed by atoms with Crippen molar-refractivity contribution in [2.75, 3.05) is 0 Å². The minimum atomic E-state index is -0.125. The van der Waals surface area contributed by atoms with E-state index in [2.05, 4.69) is 9.97 Å². The predicted octanol–water partition coefficient (Wildman–Crippen LogP) is 0.397. The molecule has 4 heteroatoms. The first kappa shape index (κ1) is 8.80. The van der Waals surface area contributed by atoms with Crippen LogP contribution in [0.3, 0.4) is 0 Å². The van der Waals surface area contributed by atoms with Gasteiger partial charge in [-0.3, -0.25) is 9.78 Å². The van der Waals surface area contributed by atoms with Gasteiger partial charge in [-0.05, 0) is 6.92 Å². The average molecular weight is 165 g/mol. The van der Waals surface area contributed by atoms with Crippen LogP contribution in [0.2, 0.25) is 0 Å². The van der Waals surface area contributed by atoms with Crippen molar-refractivity contribution < 1.29 is 4.79 Å². The fourth-order valence-corrected chi connectivity index (χ4v) is 0.840. The Hall–Kier alpha value is -1.29. The molecule has 1 heterocycles. The van der Waals surface area contributed by atoms with Crippen LogP contribution in [0.5, 0.6) is 0 Å². The van der Waals surface area contributed by atoms with E-state index in [-0.39, 0.29) is 11.8 Å². The largest absolute Gasteiger partial charge is 0.328 e. The molecular weight excluding hydrogens is 154 g/mol. The van der Waals surface area contributed by atoms with Crippen molar-refractivity contribution in [3.63, 3.8) is 0 Å². The fraction of sp³-hybridized carbons (Fsp3) is 0.375. The highest BCUT2D eigenvalue weighted by atomic mass is 16.1. The second kappa shape index (κ2) is 3.92. The summed E-state index contributed by atoms with van der Waals surface area (Å²) in [5, 5.41) is 0. The molecule has 1 aromatic rings. The molecule has 0 bridgehead atoms. The zero-order valence-electron chi connectivity index (χ0n) is 6.90. The third-order valence-electron chi connectivity index (χ3n) is 1.36. The number of carbonyl (C=O) groups is 1. The van der Waals surface area contributed by atoms with Crippen LogP contribution in [0.25, 0.3) is 0 Å². The second-order valence-electron chi connectivity index (χ2n) is 2.70. The molecule has 1 unspecified atom stereocenters. The molecule has 4 nitrogen and oxygen atoms in total. The van der Waals surface area contributed by atoms with Crippen molar-refractivity contribution in [1.82, 2.24) is 9.97 Å². The Bertz CT molecular complexity index is 258. The normalized spacial score (nSPS) is 12.5. The number of nitrogens with two attached hydrogens (primary N) is 1. The van der Waals surface area contributed by atoms with E-state index in [1.165, 1.54) is 18.6 Å². The number of aromatic nitrogens is 2. The summed E-state index contributed by atoms with van der Waals surface area (Å²) < 4.78 is 0. The molecule has 1 rings (SSSR count). The molecule has 0 amide bonds. The lowest BCUT2D eigenvalue weighted by Gasteiger charge is -2.01. The minimum absolute atomic E-state index is 0.0573. The van der Waals surface area contributed by atoms with Crippen molar-refractivity contribution in [2.24, 2.45) is 5.73 Å². The summed E-state index contributed by atoms with van der Waals surface area (Å²) in [6, 6.07) is -0.125. The van der Waals surface area contributed by atoms with Crippen molar-refractivity contribution in [2.45, 2.75) is 19.4 Å². The summed E-state index contributed by atoms with van der Waals surface area (Å²) in [5.41, 5.74) is 5.85. The van der Waals surface area contributed by atoms with E-state index in [1.54, 1.807) is 6.92 Å². The molecule has 0 aromatic carbocycles. The summed E-state index contributed by atoms with van der Waals surface area (Å²) in [7, 11) is 0. The van der Waals surface area contributed by atoms with E-state index in [0.717, 1.165) is 0 Å². The summed E-state index contributed by atoms with van der Waals surface area (Å²) >= 11 is 0. The van der Waals surface area contributed by atoms with Gasteiger partial charge in [0.15, 0.2) is 5.78 Å². The van der Waals surface area contributed by atoms with Gasteiger partial charge < -0.3 is 5.73 Å². The third-order valence-corrected chi connectivity index (χ3v) is 1.36. The maximum absolute atomic E-state index is 11.3. The first-order valence-electron chi connectivity index (χ1n) is 3.75. The van der Waals surface area contributed by atoms with Crippen LogP contribution >= 0.6 is 0 Å². The monoisotopic (exact) mass is 165 g/mol. The summed E-state index contributed by atoms with van der Waals surface area (Å²) in [6.07, 6.45) is 4.79. The number of carbonyl (C=O) groups excluding carboxylic acids is 1. The maximum atomic E-state index is 11.3. The lowest BCUT2D eigenvalue weighted by atomic mass is 10.1. The van der Waals surface area contributed by atoms with Gasteiger partial charge in [0.25, 0.3) is 0 Å². The number of nitrogens with zero attached hydrogens (tertiary/aromatic N) is 2. The van der Waals surface area contributed by atoms with Gasteiger partial charge >= 0.3 is 0 Å². The third kappa shape index (κ3) is 2.39. The highest BCUT2D eigenvalue weighted by Crippen LogP contribution is 1.98. The first-order valence-corrected chi connectivity index (χ1v) is 3.75. The lowest BCUT2D eigenvalue weighted by Crippen LogP contribution is -2.20. The number of rotatable bonds is 3. The van der Waals surface area contributed by atoms with Crippen LogP contribution in [-0.2, 0) is 0 Å². The summed E-state index contributed by atoms with van der Waals surface area (Å²) in [4.78, 5) is 18.9. The zero-order valence-corrected chi connectivity index (χ0v) is 6.90. The van der Waals surface area contributed by atoms with Gasteiger partial charge in [0.2, 0.25) is 0 Å². The number of ketones is 1. The molecule has 0 fully saturated rings. The van der Waals surface area contributed by atoms with Gasteiger partial charge in [-0.2, -0.15) is 0 Å². The number of Topliss-reactive ketones (excluding diaryl/α,β-unsaturated/α-hetero) is 1. The zero-order chi connectivity index (χ0) is 8.97. The van der Waals surface area contributed by atoms with Crippen LogP contribution < -0.4 is 5.73 Å². The summed E-state index contributed by atoms with van der Waals surface area (Å²) in [6.45, 7) is 1.79. The van der Waals surface area contributed by atoms with Gasteiger partial charge in [-0.15, -0.1) is 0 Å². The van der Waals surface area contributed by atoms with Crippen LogP contribution in [0.15, 0.2) is 18.6 Å². The summed E-state index contributed by atoms with van der Waals surface area (Å²) in [5.74, 6) is -0.0573. The highest BCUT2D eigenvalue weighted by Gasteiger charge is 2.08. The van der Waals surface area contributed by atoms with Crippen molar-refractivity contribution in [3.05, 3.63) is 24.3 Å². The van der Waals surface area contributed by atoms with E-state index in [0.29, 0.717) is 12.1 Å². The molecule has 0 saturated carbocycles. The van der Waals surface area contributed by atoms with Crippen LogP contribution in [0.1, 0.15) is 23.8 Å². The van der Waals surface area contributed by atoms with E-state index in [9.17, 15) is 4.79 Å². The Kier molecular flexibility index (Phi) is 2.88. The quantitative estimate of drug-likeness (QED) is 0.658. The van der Waals surface area contributed by atoms with E-state index >= 15 is 0 Å². The SMILES string of the molecule is CC(N)CC(=O)c1cnccn1. The first-order chi connectivity index (χ1) is 5.70. The molecule has 0 aliphatic carbocycles. The molecule has 0 aliphatic rings. The van der Waals surface area contributed by atoms with Crippen molar-refractivity contribution >= 4 is 5.78 Å². The second-order valence-corrected chi connectivity index (χ2v) is 2.70. The molecule has 2 N–H and O–H groups in total. The molecule has 12 heavy (non-hydrogen) atoms. The molecule has 0 spiro atoms. The molecular formula is C8H11N3O. The number of hydrogen-bond acceptors (Lipinski definition) is 4. The van der Waals surface area contributed by atoms with Gasteiger partial charge in [0, 0.05) is 24.9 Å². The van der Waals surface area contributed by atoms with Crippen molar-refractivity contribution in [3.8, 4) is 0 Å². The number of hydrogen-bond donors (Lipinski definition) is 1. The molecule has 1 aromatic heterocycles. The van der Waals surface area contributed by atoms with Gasteiger partial charge in [0.1, 0.15) is 5.69 Å². The van der Waals surface area contributed by atoms with E-state index in [4.69, 9.17) is 5.73 Å². The molecule has 0 aliphatic heterocycles. The Morgan fingerprint density at radius 2 is 2.42 bits per heavy atom. The molecule has 0 radical (unpaired) electrons. The van der Waals surface area contributed by atoms with Crippen LogP contribution in [0.4, 0.5) is 0 Å². The lowest BCUT2D eigenvalue weighted by molar-refractivity contribution is 0.0971. The van der Waals surface area contributed by atoms with Crippen LogP contribution in [-0.4, -0.2) is 21.8 Å². The highest BCUT2D eigenvalue weighted by molar-refractivity contribution is 5.94. The van der Waals surface area contributed by atoms with E-state index < -0.39 is 0 Å². The van der Waals surface area contributed by atoms with Gasteiger partial charge in [-0.1, -0.05) is 0 Å². The Labute approximate surface area is 70.8 Å². The van der Waals surface area contributed by atoms with Gasteiger partial charge in [-0.25, -0.2) is 4.98 Å². The Morgan fingerprint density at radius 1 is 1.67 bits per heavy atom. The topological polar surface area (TPSA) is 68.9 Å². The predicted molar refractivity (Wildman–Crippen MR) is 44.6 cm³/mol. The Balaban J connectivity index is 2.66. The molecule has 0 saturated heterocycles. The van der Waals surface area contributed by atoms with Crippen LogP contribution in [0, 0.1) is 0 Å². The van der Waals surface area contributed by atoms with E-state index in [1.807, 2.05) is 0 Å². The van der Waals surface area contributed by atoms with Crippen molar-refractivity contribution in [1.29, 1.82) is 0 Å². The average Bonchev–Trinajstić information content (AvgIpc) is 2.05. The molecule has 64 valence electrons. The Morgan fingerprint density at radius 3 is 2.92 bits per heavy atom. The standard InChI is InChI=1S/C8H11N3O/c1-6(9)4-8(12)7-5-10-2-3-11-7/h2-3,5-6H,4,9H2,1H3. The smallest absolute Gasteiger partial charge is 0.184 e. The fourth-order valence-electron chi connectivity index (χ4n) is 0.840. The van der Waals surface area contributed by atoms with Gasteiger partial charge in [0.05, 0.1) is 6.20 Å².